The highest BCUT2D eigenvalue weighted by Gasteiger charge is 2.16. The Labute approximate surface area is 101 Å². The molecule has 0 bridgehead atoms. The lowest BCUT2D eigenvalue weighted by Crippen LogP contribution is -2.33. The summed E-state index contributed by atoms with van der Waals surface area (Å²) in [5, 5.41) is 8.88. The number of carboxylic acids is 1. The minimum atomic E-state index is -0.959. The van der Waals surface area contributed by atoms with Gasteiger partial charge in [0.15, 0.2) is 0 Å². The van der Waals surface area contributed by atoms with Gasteiger partial charge in [-0.15, -0.1) is 0 Å². The quantitative estimate of drug-likeness (QED) is 0.869. The SMILES string of the molecule is CC1CCCN(Cc2ccnc(C(=O)O)c2)C1. The molecule has 4 heteroatoms. The van der Waals surface area contributed by atoms with E-state index in [0.717, 1.165) is 31.1 Å². The van der Waals surface area contributed by atoms with Crippen LogP contribution in [0.1, 0.15) is 35.8 Å². The molecule has 0 saturated carbocycles. The summed E-state index contributed by atoms with van der Waals surface area (Å²) in [7, 11) is 0. The van der Waals surface area contributed by atoms with Gasteiger partial charge in [0.25, 0.3) is 0 Å². The van der Waals surface area contributed by atoms with Gasteiger partial charge in [-0.05, 0) is 43.0 Å². The molecule has 1 aliphatic rings. The number of aromatic carboxylic acids is 1. The molecule has 2 rings (SSSR count). The van der Waals surface area contributed by atoms with Gasteiger partial charge < -0.3 is 5.11 Å². The van der Waals surface area contributed by atoms with Gasteiger partial charge in [-0.1, -0.05) is 6.92 Å². The van der Waals surface area contributed by atoms with E-state index in [1.807, 2.05) is 6.07 Å². The van der Waals surface area contributed by atoms with E-state index < -0.39 is 5.97 Å². The Morgan fingerprint density at radius 1 is 1.65 bits per heavy atom. The van der Waals surface area contributed by atoms with E-state index in [2.05, 4.69) is 16.8 Å². The lowest BCUT2D eigenvalue weighted by atomic mass is 10.00. The number of piperidine rings is 1. The van der Waals surface area contributed by atoms with Crippen molar-refractivity contribution in [3.63, 3.8) is 0 Å². The molecule has 0 amide bonds. The van der Waals surface area contributed by atoms with Crippen molar-refractivity contribution in [2.24, 2.45) is 5.92 Å². The van der Waals surface area contributed by atoms with Crippen molar-refractivity contribution in [3.8, 4) is 0 Å². The Kier molecular flexibility index (Phi) is 3.74. The van der Waals surface area contributed by atoms with Crippen LogP contribution in [-0.2, 0) is 6.54 Å². The molecule has 1 aromatic rings. The first kappa shape index (κ1) is 12.0. The summed E-state index contributed by atoms with van der Waals surface area (Å²) in [6, 6.07) is 3.56. The van der Waals surface area contributed by atoms with Crippen LogP contribution in [0.4, 0.5) is 0 Å². The number of hydrogen-bond acceptors (Lipinski definition) is 3. The average Bonchev–Trinajstić information content (AvgIpc) is 2.29. The van der Waals surface area contributed by atoms with Crippen molar-refractivity contribution >= 4 is 5.97 Å². The Morgan fingerprint density at radius 3 is 3.18 bits per heavy atom. The normalized spacial score (nSPS) is 21.4. The lowest BCUT2D eigenvalue weighted by molar-refractivity contribution is 0.0690. The van der Waals surface area contributed by atoms with E-state index >= 15 is 0 Å². The van der Waals surface area contributed by atoms with Crippen LogP contribution in [0.5, 0.6) is 0 Å². The summed E-state index contributed by atoms with van der Waals surface area (Å²) in [4.78, 5) is 17.0. The zero-order chi connectivity index (χ0) is 12.3. The number of nitrogens with zero attached hydrogens (tertiary/aromatic N) is 2. The summed E-state index contributed by atoms with van der Waals surface area (Å²) in [5.41, 5.74) is 1.17. The number of aromatic nitrogens is 1. The van der Waals surface area contributed by atoms with Crippen LogP contribution in [0.2, 0.25) is 0 Å². The van der Waals surface area contributed by atoms with Crippen molar-refractivity contribution in [2.75, 3.05) is 13.1 Å². The number of pyridine rings is 1. The summed E-state index contributed by atoms with van der Waals surface area (Å²) in [5.74, 6) is -0.219. The maximum Gasteiger partial charge on any atom is 0.354 e. The number of rotatable bonds is 3. The second-order valence-corrected chi connectivity index (χ2v) is 4.84. The molecule has 0 spiro atoms. The van der Waals surface area contributed by atoms with Crippen LogP contribution in [0.15, 0.2) is 18.3 Å². The van der Waals surface area contributed by atoms with E-state index in [1.165, 1.54) is 12.8 Å². The first-order valence-corrected chi connectivity index (χ1v) is 6.05. The molecule has 17 heavy (non-hydrogen) atoms. The molecule has 0 aromatic carbocycles. The predicted octanol–water partition coefficient (Wildman–Crippen LogP) is 2.01. The van der Waals surface area contributed by atoms with Gasteiger partial charge in [0.05, 0.1) is 0 Å². The molecule has 1 saturated heterocycles. The molecule has 1 aliphatic heterocycles. The van der Waals surface area contributed by atoms with Crippen molar-refractivity contribution in [2.45, 2.75) is 26.3 Å². The highest BCUT2D eigenvalue weighted by atomic mass is 16.4. The Bertz CT molecular complexity index is 406. The number of likely N-dealkylation sites (tertiary alicyclic amines) is 1. The Morgan fingerprint density at radius 2 is 2.47 bits per heavy atom. The van der Waals surface area contributed by atoms with Crippen LogP contribution in [0, 0.1) is 5.92 Å². The fourth-order valence-electron chi connectivity index (χ4n) is 2.38. The van der Waals surface area contributed by atoms with E-state index in [4.69, 9.17) is 5.11 Å². The zero-order valence-corrected chi connectivity index (χ0v) is 10.1. The molecule has 1 N–H and O–H groups in total. The summed E-state index contributed by atoms with van der Waals surface area (Å²) >= 11 is 0. The lowest BCUT2D eigenvalue weighted by Gasteiger charge is -2.30. The Balaban J connectivity index is 2.02. The standard InChI is InChI=1S/C13H18N2O2/c1-10-3-2-6-15(8-10)9-11-4-5-14-12(7-11)13(16)17/h4-5,7,10H,2-3,6,8-9H2,1H3,(H,16,17). The van der Waals surface area contributed by atoms with Gasteiger partial charge in [0, 0.05) is 19.3 Å². The molecule has 0 aliphatic carbocycles. The molecule has 0 radical (unpaired) electrons. The van der Waals surface area contributed by atoms with Crippen molar-refractivity contribution in [1.29, 1.82) is 0 Å². The summed E-state index contributed by atoms with van der Waals surface area (Å²) in [6.45, 7) is 5.30. The van der Waals surface area contributed by atoms with Gasteiger partial charge in [-0.25, -0.2) is 9.78 Å². The van der Waals surface area contributed by atoms with E-state index in [0.29, 0.717) is 0 Å². The van der Waals surface area contributed by atoms with Crippen LogP contribution in [0.3, 0.4) is 0 Å². The van der Waals surface area contributed by atoms with Crippen molar-refractivity contribution < 1.29 is 9.90 Å². The van der Waals surface area contributed by atoms with Gasteiger partial charge >= 0.3 is 5.97 Å². The molecule has 1 unspecified atom stereocenters. The molecule has 1 aromatic heterocycles. The topological polar surface area (TPSA) is 53.4 Å². The third-order valence-electron chi connectivity index (χ3n) is 3.19. The first-order valence-electron chi connectivity index (χ1n) is 6.05. The monoisotopic (exact) mass is 234 g/mol. The molecule has 1 fully saturated rings. The van der Waals surface area contributed by atoms with Crippen LogP contribution < -0.4 is 0 Å². The second-order valence-electron chi connectivity index (χ2n) is 4.84. The fraction of sp³-hybridized carbons (Fsp3) is 0.538. The van der Waals surface area contributed by atoms with E-state index in [-0.39, 0.29) is 5.69 Å². The minimum absolute atomic E-state index is 0.132. The largest absolute Gasteiger partial charge is 0.477 e. The molecule has 92 valence electrons. The predicted molar refractivity (Wildman–Crippen MR) is 64.9 cm³/mol. The van der Waals surface area contributed by atoms with Gasteiger partial charge in [-0.2, -0.15) is 0 Å². The third kappa shape index (κ3) is 3.27. The average molecular weight is 234 g/mol. The molecule has 4 nitrogen and oxygen atoms in total. The molecule has 1 atom stereocenters. The van der Waals surface area contributed by atoms with Gasteiger partial charge in [-0.3, -0.25) is 4.90 Å². The fourth-order valence-corrected chi connectivity index (χ4v) is 2.38. The summed E-state index contributed by atoms with van der Waals surface area (Å²) < 4.78 is 0. The number of hydrogen-bond donors (Lipinski definition) is 1. The van der Waals surface area contributed by atoms with Gasteiger partial charge in [0.2, 0.25) is 0 Å². The first-order chi connectivity index (χ1) is 8.15. The maximum atomic E-state index is 10.8. The molecular weight excluding hydrogens is 216 g/mol. The molecule has 2 heterocycles. The van der Waals surface area contributed by atoms with Crippen LogP contribution in [-0.4, -0.2) is 34.0 Å². The Hall–Kier alpha value is -1.42. The van der Waals surface area contributed by atoms with Crippen molar-refractivity contribution in [1.82, 2.24) is 9.88 Å². The third-order valence-corrected chi connectivity index (χ3v) is 3.19. The van der Waals surface area contributed by atoms with Crippen LogP contribution in [0.25, 0.3) is 0 Å². The molecular formula is C13H18N2O2. The van der Waals surface area contributed by atoms with Gasteiger partial charge in [0.1, 0.15) is 5.69 Å². The minimum Gasteiger partial charge on any atom is -0.477 e. The second kappa shape index (κ2) is 5.27. The highest BCUT2D eigenvalue weighted by Crippen LogP contribution is 2.17. The van der Waals surface area contributed by atoms with Crippen LogP contribution >= 0.6 is 0 Å². The van der Waals surface area contributed by atoms with E-state index in [1.54, 1.807) is 12.3 Å². The smallest absolute Gasteiger partial charge is 0.354 e. The highest BCUT2D eigenvalue weighted by molar-refractivity contribution is 5.85. The van der Waals surface area contributed by atoms with Crippen molar-refractivity contribution in [3.05, 3.63) is 29.6 Å². The number of carboxylic acid groups (broad SMARTS) is 1. The maximum absolute atomic E-state index is 10.8. The summed E-state index contributed by atoms with van der Waals surface area (Å²) in [6.07, 6.45) is 4.11. The zero-order valence-electron chi connectivity index (χ0n) is 10.1. The number of carbonyl (C=O) groups is 1. The van der Waals surface area contributed by atoms with E-state index in [9.17, 15) is 4.79 Å².